The molecule has 0 aliphatic carbocycles. The Morgan fingerprint density at radius 2 is 2.20 bits per heavy atom. The molecule has 0 radical (unpaired) electrons. The van der Waals surface area contributed by atoms with Crippen molar-refractivity contribution in [2.24, 2.45) is 0 Å². The van der Waals surface area contributed by atoms with Gasteiger partial charge in [0.1, 0.15) is 5.82 Å². The Kier molecular flexibility index (Phi) is 4.14. The summed E-state index contributed by atoms with van der Waals surface area (Å²) in [4.78, 5) is 24.3. The number of imidazole rings is 1. The van der Waals surface area contributed by atoms with E-state index in [0.717, 1.165) is 16.9 Å². The molecule has 0 saturated carbocycles. The summed E-state index contributed by atoms with van der Waals surface area (Å²) in [5.41, 5.74) is 2.71. The maximum absolute atomic E-state index is 12.4. The lowest BCUT2D eigenvalue weighted by Crippen LogP contribution is -2.26. The number of rotatable bonds is 4. The van der Waals surface area contributed by atoms with Gasteiger partial charge in [0.15, 0.2) is 5.65 Å². The van der Waals surface area contributed by atoms with Gasteiger partial charge in [0.25, 0.3) is 5.91 Å². The van der Waals surface area contributed by atoms with Crippen molar-refractivity contribution < 1.29 is 4.79 Å². The Hall–Kier alpha value is -2.45. The molecule has 25 heavy (non-hydrogen) atoms. The molecule has 2 N–H and O–H groups in total. The van der Waals surface area contributed by atoms with Crippen molar-refractivity contribution in [2.45, 2.75) is 6.42 Å². The Bertz CT molecular complexity index is 1090. The molecule has 1 aromatic carbocycles. The van der Waals surface area contributed by atoms with E-state index in [1.165, 1.54) is 0 Å². The van der Waals surface area contributed by atoms with Gasteiger partial charge < -0.3 is 10.3 Å². The van der Waals surface area contributed by atoms with Gasteiger partial charge in [-0.3, -0.25) is 4.79 Å². The van der Waals surface area contributed by atoms with Crippen LogP contribution in [0.4, 0.5) is 0 Å². The summed E-state index contributed by atoms with van der Waals surface area (Å²) >= 11 is 9.19. The quantitative estimate of drug-likeness (QED) is 0.532. The van der Waals surface area contributed by atoms with E-state index in [-0.39, 0.29) is 5.91 Å². The van der Waals surface area contributed by atoms with Crippen molar-refractivity contribution >= 4 is 50.1 Å². The van der Waals surface area contributed by atoms with Gasteiger partial charge in [0.05, 0.1) is 16.6 Å². The van der Waals surface area contributed by atoms with E-state index in [1.54, 1.807) is 28.9 Å². The minimum atomic E-state index is -0.204. The van der Waals surface area contributed by atoms with E-state index in [0.29, 0.717) is 33.9 Å². The number of carbonyl (C=O) groups excluding carboxylic acids is 1. The number of halogens is 2. The zero-order valence-corrected chi connectivity index (χ0v) is 15.2. The number of aromatic nitrogens is 5. The Labute approximate surface area is 155 Å². The number of carbonyl (C=O) groups is 1. The van der Waals surface area contributed by atoms with Crippen LogP contribution in [0, 0.1) is 0 Å². The number of hydrogen-bond acceptors (Lipinski definition) is 4. The van der Waals surface area contributed by atoms with Gasteiger partial charge in [-0.05, 0) is 46.3 Å². The molecule has 7 nitrogen and oxygen atoms in total. The van der Waals surface area contributed by atoms with Gasteiger partial charge in [-0.2, -0.15) is 0 Å². The highest BCUT2D eigenvalue weighted by molar-refractivity contribution is 9.10. The lowest BCUT2D eigenvalue weighted by molar-refractivity contribution is 0.0955. The van der Waals surface area contributed by atoms with Crippen molar-refractivity contribution in [3.63, 3.8) is 0 Å². The zero-order chi connectivity index (χ0) is 17.4. The first-order valence-corrected chi connectivity index (χ1v) is 8.70. The SMILES string of the molecule is O=C(NCCc1nc2ccc(Cl)cc2[nH]1)c1cccn2nc(Br)nc12. The number of aromatic amines is 1. The molecule has 0 aliphatic rings. The van der Waals surface area contributed by atoms with E-state index in [4.69, 9.17) is 11.6 Å². The predicted molar refractivity (Wildman–Crippen MR) is 97.8 cm³/mol. The van der Waals surface area contributed by atoms with E-state index in [1.807, 2.05) is 12.1 Å². The topological polar surface area (TPSA) is 88.0 Å². The van der Waals surface area contributed by atoms with Crippen LogP contribution in [0.25, 0.3) is 16.7 Å². The van der Waals surface area contributed by atoms with Crippen molar-refractivity contribution in [2.75, 3.05) is 6.54 Å². The third-order valence-corrected chi connectivity index (χ3v) is 4.29. The summed E-state index contributed by atoms with van der Waals surface area (Å²) in [6.45, 7) is 0.447. The molecule has 0 unspecified atom stereocenters. The minimum absolute atomic E-state index is 0.204. The van der Waals surface area contributed by atoms with Crippen LogP contribution < -0.4 is 5.32 Å². The smallest absolute Gasteiger partial charge is 0.255 e. The lowest BCUT2D eigenvalue weighted by atomic mass is 10.2. The largest absolute Gasteiger partial charge is 0.351 e. The van der Waals surface area contributed by atoms with Crippen molar-refractivity contribution in [3.8, 4) is 0 Å². The summed E-state index contributed by atoms with van der Waals surface area (Å²) in [7, 11) is 0. The highest BCUT2D eigenvalue weighted by Gasteiger charge is 2.13. The number of amides is 1. The van der Waals surface area contributed by atoms with Crippen molar-refractivity contribution in [1.82, 2.24) is 29.9 Å². The standard InChI is InChI=1S/C16H12BrClN6O/c17-16-22-14-10(2-1-7-24(14)23-16)15(25)19-6-5-13-20-11-4-3-9(18)8-12(11)21-13/h1-4,7-8H,5-6H2,(H,19,25)(H,20,21). The van der Waals surface area contributed by atoms with Crippen LogP contribution in [0.3, 0.4) is 0 Å². The van der Waals surface area contributed by atoms with Crippen LogP contribution in [0.15, 0.2) is 41.3 Å². The first kappa shape index (κ1) is 16.0. The number of pyridine rings is 1. The van der Waals surface area contributed by atoms with Gasteiger partial charge in [-0.15, -0.1) is 5.10 Å². The summed E-state index contributed by atoms with van der Waals surface area (Å²) < 4.78 is 2.00. The van der Waals surface area contributed by atoms with Gasteiger partial charge in [-0.25, -0.2) is 14.5 Å². The van der Waals surface area contributed by atoms with Crippen LogP contribution in [0.5, 0.6) is 0 Å². The second-order valence-electron chi connectivity index (χ2n) is 5.42. The molecular formula is C16H12BrClN6O. The van der Waals surface area contributed by atoms with E-state index < -0.39 is 0 Å². The number of benzene rings is 1. The highest BCUT2D eigenvalue weighted by Crippen LogP contribution is 2.17. The number of hydrogen-bond donors (Lipinski definition) is 2. The predicted octanol–water partition coefficient (Wildman–Crippen LogP) is 2.99. The summed E-state index contributed by atoms with van der Waals surface area (Å²) in [5, 5.41) is 7.67. The molecule has 0 atom stereocenters. The molecule has 0 saturated heterocycles. The van der Waals surface area contributed by atoms with Crippen LogP contribution in [-0.2, 0) is 6.42 Å². The normalized spacial score (nSPS) is 11.3. The monoisotopic (exact) mass is 418 g/mol. The molecule has 9 heteroatoms. The van der Waals surface area contributed by atoms with Crippen molar-refractivity contribution in [3.05, 3.63) is 57.7 Å². The summed E-state index contributed by atoms with van der Waals surface area (Å²) in [6.07, 6.45) is 2.32. The molecular weight excluding hydrogens is 408 g/mol. The highest BCUT2D eigenvalue weighted by atomic mass is 79.9. The molecule has 3 heterocycles. The minimum Gasteiger partial charge on any atom is -0.351 e. The van der Waals surface area contributed by atoms with Gasteiger partial charge in [0, 0.05) is 24.2 Å². The Morgan fingerprint density at radius 1 is 1.32 bits per heavy atom. The third kappa shape index (κ3) is 3.22. The zero-order valence-electron chi connectivity index (χ0n) is 12.8. The fraction of sp³-hybridized carbons (Fsp3) is 0.125. The van der Waals surface area contributed by atoms with Crippen LogP contribution in [0.2, 0.25) is 5.02 Å². The maximum atomic E-state index is 12.4. The molecule has 1 amide bonds. The van der Waals surface area contributed by atoms with E-state index >= 15 is 0 Å². The molecule has 3 aromatic heterocycles. The second kappa shape index (κ2) is 6.45. The molecule has 126 valence electrons. The molecule has 0 fully saturated rings. The fourth-order valence-electron chi connectivity index (χ4n) is 2.60. The summed E-state index contributed by atoms with van der Waals surface area (Å²) in [5.74, 6) is 0.589. The summed E-state index contributed by atoms with van der Waals surface area (Å²) in [6, 6.07) is 8.96. The van der Waals surface area contributed by atoms with Gasteiger partial charge in [0.2, 0.25) is 4.73 Å². The fourth-order valence-corrected chi connectivity index (χ4v) is 3.11. The number of nitrogens with zero attached hydrogens (tertiary/aromatic N) is 4. The number of fused-ring (bicyclic) bond motifs is 2. The second-order valence-corrected chi connectivity index (χ2v) is 6.57. The van der Waals surface area contributed by atoms with Gasteiger partial charge >= 0.3 is 0 Å². The molecule has 0 spiro atoms. The van der Waals surface area contributed by atoms with Crippen LogP contribution >= 0.6 is 27.5 Å². The third-order valence-electron chi connectivity index (χ3n) is 3.72. The van der Waals surface area contributed by atoms with E-state index in [2.05, 4.69) is 41.3 Å². The average Bonchev–Trinajstić information content (AvgIpc) is 3.15. The molecule has 4 aromatic rings. The average molecular weight is 420 g/mol. The molecule has 4 rings (SSSR count). The first-order chi connectivity index (χ1) is 12.1. The van der Waals surface area contributed by atoms with Crippen LogP contribution in [-0.4, -0.2) is 37.0 Å². The molecule has 0 bridgehead atoms. The van der Waals surface area contributed by atoms with Crippen LogP contribution in [0.1, 0.15) is 16.2 Å². The number of nitrogens with one attached hydrogen (secondary N) is 2. The number of H-pyrrole nitrogens is 1. The Morgan fingerprint density at radius 3 is 3.08 bits per heavy atom. The lowest BCUT2D eigenvalue weighted by Gasteiger charge is -2.04. The van der Waals surface area contributed by atoms with E-state index in [9.17, 15) is 4.79 Å². The van der Waals surface area contributed by atoms with Gasteiger partial charge in [-0.1, -0.05) is 11.6 Å². The Balaban J connectivity index is 1.45. The first-order valence-electron chi connectivity index (χ1n) is 7.53. The molecule has 0 aliphatic heterocycles. The maximum Gasteiger partial charge on any atom is 0.255 e. The van der Waals surface area contributed by atoms with Crippen molar-refractivity contribution in [1.29, 1.82) is 0 Å².